The zero-order chi connectivity index (χ0) is 19.5. The molecule has 2 aromatic heterocycles. The third-order valence-electron chi connectivity index (χ3n) is 5.12. The molecule has 0 fully saturated rings. The van der Waals surface area contributed by atoms with E-state index < -0.39 is 0 Å². The molecule has 28 heavy (non-hydrogen) atoms. The van der Waals surface area contributed by atoms with Gasteiger partial charge < -0.3 is 20.2 Å². The summed E-state index contributed by atoms with van der Waals surface area (Å²) in [4.78, 5) is 20.9. The number of amides is 1. The Morgan fingerprint density at radius 2 is 1.79 bits per heavy atom. The van der Waals surface area contributed by atoms with Crippen molar-refractivity contribution in [2.75, 3.05) is 25.5 Å². The molecule has 4 aromatic rings. The number of hydrogen-bond acceptors (Lipinski definition) is 2. The molecule has 0 aliphatic rings. The minimum Gasteiger partial charge on any atom is -0.378 e. The van der Waals surface area contributed by atoms with Crippen molar-refractivity contribution in [1.29, 1.82) is 0 Å². The molecule has 0 aliphatic heterocycles. The standard InChI is InChI=1S/C23H24N4O/c1-27(2)17-11-9-16(10-12-17)19(14-26-23(28)22-8-5-13-24-22)20-15-25-21-7-4-3-6-18(20)21/h3-13,15,19,24-25H,14H2,1-2H3,(H,26,28). The first-order chi connectivity index (χ1) is 13.6. The van der Waals surface area contributed by atoms with E-state index in [1.807, 2.05) is 32.3 Å². The number of carbonyl (C=O) groups excluding carboxylic acids is 1. The van der Waals surface area contributed by atoms with Crippen LogP contribution in [0.4, 0.5) is 5.69 Å². The molecule has 1 unspecified atom stereocenters. The molecule has 3 N–H and O–H groups in total. The lowest BCUT2D eigenvalue weighted by Crippen LogP contribution is -2.29. The van der Waals surface area contributed by atoms with Crippen LogP contribution in [-0.2, 0) is 0 Å². The molecule has 142 valence electrons. The molecule has 0 bridgehead atoms. The molecule has 1 amide bonds. The number of aromatic amines is 2. The van der Waals surface area contributed by atoms with Crippen molar-refractivity contribution in [3.8, 4) is 0 Å². The summed E-state index contributed by atoms with van der Waals surface area (Å²) in [7, 11) is 4.06. The molecule has 4 rings (SSSR count). The molecular formula is C23H24N4O. The van der Waals surface area contributed by atoms with Gasteiger partial charge in [0.15, 0.2) is 0 Å². The van der Waals surface area contributed by atoms with Crippen LogP contribution in [0.2, 0.25) is 0 Å². The van der Waals surface area contributed by atoms with Crippen molar-refractivity contribution in [2.45, 2.75) is 5.92 Å². The molecule has 0 saturated carbocycles. The van der Waals surface area contributed by atoms with Gasteiger partial charge in [0.1, 0.15) is 5.69 Å². The maximum atomic E-state index is 12.5. The minimum absolute atomic E-state index is 0.0475. The van der Waals surface area contributed by atoms with E-state index in [4.69, 9.17) is 0 Å². The zero-order valence-electron chi connectivity index (χ0n) is 16.1. The molecule has 0 spiro atoms. The molecule has 1 atom stereocenters. The number of fused-ring (bicyclic) bond motifs is 1. The fourth-order valence-electron chi connectivity index (χ4n) is 3.56. The number of nitrogens with one attached hydrogen (secondary N) is 3. The summed E-state index contributed by atoms with van der Waals surface area (Å²) in [5.74, 6) is -0.0500. The topological polar surface area (TPSA) is 63.9 Å². The number of aromatic nitrogens is 2. The van der Waals surface area contributed by atoms with Gasteiger partial charge in [-0.25, -0.2) is 0 Å². The molecular weight excluding hydrogens is 348 g/mol. The van der Waals surface area contributed by atoms with E-state index in [2.05, 4.69) is 62.8 Å². The summed E-state index contributed by atoms with van der Waals surface area (Å²) in [6, 6.07) is 20.4. The highest BCUT2D eigenvalue weighted by atomic mass is 16.1. The summed E-state index contributed by atoms with van der Waals surface area (Å²) < 4.78 is 0. The Balaban J connectivity index is 1.67. The van der Waals surface area contributed by atoms with Crippen LogP contribution in [0.5, 0.6) is 0 Å². The fourth-order valence-corrected chi connectivity index (χ4v) is 3.56. The van der Waals surface area contributed by atoms with E-state index in [-0.39, 0.29) is 11.8 Å². The summed E-state index contributed by atoms with van der Waals surface area (Å²) in [5, 5.41) is 4.26. The number of para-hydroxylation sites is 1. The van der Waals surface area contributed by atoms with Crippen molar-refractivity contribution >= 4 is 22.5 Å². The van der Waals surface area contributed by atoms with Crippen molar-refractivity contribution in [2.24, 2.45) is 0 Å². The Morgan fingerprint density at radius 1 is 1.00 bits per heavy atom. The van der Waals surface area contributed by atoms with Crippen molar-refractivity contribution in [3.05, 3.63) is 89.9 Å². The number of carbonyl (C=O) groups is 1. The first-order valence-electron chi connectivity index (χ1n) is 9.38. The van der Waals surface area contributed by atoms with E-state index in [1.54, 1.807) is 12.3 Å². The van der Waals surface area contributed by atoms with E-state index in [0.717, 1.165) is 11.2 Å². The van der Waals surface area contributed by atoms with Crippen molar-refractivity contribution in [1.82, 2.24) is 15.3 Å². The predicted octanol–water partition coefficient (Wildman–Crippen LogP) is 4.12. The average Bonchev–Trinajstić information content (AvgIpc) is 3.39. The quantitative estimate of drug-likeness (QED) is 0.477. The first kappa shape index (κ1) is 17.9. The van der Waals surface area contributed by atoms with Crippen LogP contribution >= 0.6 is 0 Å². The number of benzene rings is 2. The van der Waals surface area contributed by atoms with Gasteiger partial charge in [0.05, 0.1) is 0 Å². The summed E-state index contributed by atoms with van der Waals surface area (Å²) >= 11 is 0. The van der Waals surface area contributed by atoms with Crippen molar-refractivity contribution < 1.29 is 4.79 Å². The van der Waals surface area contributed by atoms with Crippen molar-refractivity contribution in [3.63, 3.8) is 0 Å². The van der Waals surface area contributed by atoms with Gasteiger partial charge in [0.2, 0.25) is 0 Å². The molecule has 2 heterocycles. The highest BCUT2D eigenvalue weighted by Gasteiger charge is 2.20. The summed E-state index contributed by atoms with van der Waals surface area (Å²) in [6.07, 6.45) is 3.81. The van der Waals surface area contributed by atoms with Crippen LogP contribution in [0.1, 0.15) is 27.5 Å². The van der Waals surface area contributed by atoms with Gasteiger partial charge in [-0.15, -0.1) is 0 Å². The van der Waals surface area contributed by atoms with Crippen LogP contribution in [0, 0.1) is 0 Å². The molecule has 0 saturated heterocycles. The zero-order valence-corrected chi connectivity index (χ0v) is 16.1. The molecule has 5 nitrogen and oxygen atoms in total. The number of anilines is 1. The first-order valence-corrected chi connectivity index (χ1v) is 9.38. The average molecular weight is 372 g/mol. The molecule has 2 aromatic carbocycles. The normalized spacial score (nSPS) is 12.1. The van der Waals surface area contributed by atoms with Crippen LogP contribution in [0.25, 0.3) is 10.9 Å². The second-order valence-electron chi connectivity index (χ2n) is 7.12. The largest absolute Gasteiger partial charge is 0.378 e. The lowest BCUT2D eigenvalue weighted by Gasteiger charge is -2.20. The second kappa shape index (κ2) is 7.64. The Labute approximate surface area is 164 Å². The van der Waals surface area contributed by atoms with Gasteiger partial charge >= 0.3 is 0 Å². The number of nitrogens with zero attached hydrogens (tertiary/aromatic N) is 1. The Bertz CT molecular complexity index is 1060. The monoisotopic (exact) mass is 372 g/mol. The highest BCUT2D eigenvalue weighted by molar-refractivity contribution is 5.92. The third-order valence-corrected chi connectivity index (χ3v) is 5.12. The fraction of sp³-hybridized carbons (Fsp3) is 0.174. The Hall–Kier alpha value is -3.47. The molecule has 5 heteroatoms. The number of hydrogen-bond donors (Lipinski definition) is 3. The van der Waals surface area contributed by atoms with Gasteiger partial charge in [0.25, 0.3) is 5.91 Å². The van der Waals surface area contributed by atoms with E-state index in [9.17, 15) is 4.79 Å². The van der Waals surface area contributed by atoms with Gasteiger partial charge in [-0.3, -0.25) is 4.79 Å². The molecule has 0 radical (unpaired) electrons. The lowest BCUT2D eigenvalue weighted by atomic mass is 9.90. The van der Waals surface area contributed by atoms with E-state index in [0.29, 0.717) is 12.2 Å². The predicted molar refractivity (Wildman–Crippen MR) is 114 cm³/mol. The highest BCUT2D eigenvalue weighted by Crippen LogP contribution is 2.31. The van der Waals surface area contributed by atoms with Crippen LogP contribution < -0.4 is 10.2 Å². The Morgan fingerprint density at radius 3 is 2.50 bits per heavy atom. The number of rotatable bonds is 6. The van der Waals surface area contributed by atoms with Crippen LogP contribution in [0.15, 0.2) is 73.1 Å². The minimum atomic E-state index is -0.0975. The van der Waals surface area contributed by atoms with Gasteiger partial charge in [0, 0.05) is 55.5 Å². The smallest absolute Gasteiger partial charge is 0.267 e. The molecule has 0 aliphatic carbocycles. The van der Waals surface area contributed by atoms with Crippen LogP contribution in [0.3, 0.4) is 0 Å². The van der Waals surface area contributed by atoms with E-state index >= 15 is 0 Å². The third kappa shape index (κ3) is 3.51. The maximum Gasteiger partial charge on any atom is 0.267 e. The second-order valence-corrected chi connectivity index (χ2v) is 7.12. The van der Waals surface area contributed by atoms with Gasteiger partial charge in [-0.2, -0.15) is 0 Å². The Kier molecular flexibility index (Phi) is 4.89. The summed E-state index contributed by atoms with van der Waals surface area (Å²) in [5.41, 5.74) is 5.17. The van der Waals surface area contributed by atoms with Gasteiger partial charge in [-0.05, 0) is 41.5 Å². The summed E-state index contributed by atoms with van der Waals surface area (Å²) in [6.45, 7) is 0.515. The maximum absolute atomic E-state index is 12.5. The SMILES string of the molecule is CN(C)c1ccc(C(CNC(=O)c2ccc[nH]2)c2c[nH]c3ccccc23)cc1. The van der Waals surface area contributed by atoms with Gasteiger partial charge in [-0.1, -0.05) is 30.3 Å². The van der Waals surface area contributed by atoms with E-state index in [1.165, 1.54) is 16.5 Å². The number of H-pyrrole nitrogens is 2. The lowest BCUT2D eigenvalue weighted by molar-refractivity contribution is 0.0948. The van der Waals surface area contributed by atoms with Crippen LogP contribution in [-0.4, -0.2) is 36.5 Å².